The largest absolute Gasteiger partial charge is 2.00 e. The second kappa shape index (κ2) is 10.5. The van der Waals surface area contributed by atoms with Crippen molar-refractivity contribution in [3.63, 3.8) is 0 Å². The van der Waals surface area contributed by atoms with Gasteiger partial charge in [-0.05, 0) is 47.2 Å². The molecule has 0 spiro atoms. The SMILES string of the molecule is CC(C)c1ccc(S(=O)(=O)[O-])cc1.CC(C)c1ccc(S(=O)(=O)[O-])cc1.[Mg+2]. The van der Waals surface area contributed by atoms with Crippen LogP contribution in [0.1, 0.15) is 50.7 Å². The topological polar surface area (TPSA) is 114 Å². The number of benzene rings is 2. The molecule has 0 fully saturated rings. The molecule has 6 nitrogen and oxygen atoms in total. The van der Waals surface area contributed by atoms with Crippen LogP contribution >= 0.6 is 0 Å². The summed E-state index contributed by atoms with van der Waals surface area (Å²) >= 11 is 0. The van der Waals surface area contributed by atoms with Crippen LogP contribution < -0.4 is 0 Å². The number of hydrogen-bond acceptors (Lipinski definition) is 6. The maximum atomic E-state index is 10.6. The van der Waals surface area contributed by atoms with Crippen LogP contribution in [0.2, 0.25) is 0 Å². The van der Waals surface area contributed by atoms with Crippen molar-refractivity contribution in [1.29, 1.82) is 0 Å². The molecule has 0 amide bonds. The fraction of sp³-hybridized carbons (Fsp3) is 0.333. The van der Waals surface area contributed by atoms with Crippen LogP contribution in [-0.4, -0.2) is 49.0 Å². The molecule has 2 rings (SSSR count). The van der Waals surface area contributed by atoms with E-state index >= 15 is 0 Å². The molecular formula is C18H22MgO6S2. The van der Waals surface area contributed by atoms with E-state index in [1.807, 2.05) is 27.7 Å². The van der Waals surface area contributed by atoms with Crippen LogP contribution in [0, 0.1) is 0 Å². The predicted molar refractivity (Wildman–Crippen MR) is 103 cm³/mol. The van der Waals surface area contributed by atoms with E-state index in [1.54, 1.807) is 24.3 Å². The molecule has 0 aliphatic carbocycles. The molecule has 0 saturated heterocycles. The van der Waals surface area contributed by atoms with Crippen molar-refractivity contribution in [2.24, 2.45) is 0 Å². The molecule has 0 N–H and O–H groups in total. The fourth-order valence-corrected chi connectivity index (χ4v) is 2.98. The van der Waals surface area contributed by atoms with Gasteiger partial charge >= 0.3 is 23.1 Å². The maximum absolute atomic E-state index is 10.6. The Bertz CT molecular complexity index is 837. The summed E-state index contributed by atoms with van der Waals surface area (Å²) in [5, 5.41) is 0. The molecule has 9 heteroatoms. The quantitative estimate of drug-likeness (QED) is 0.552. The van der Waals surface area contributed by atoms with Crippen LogP contribution in [0.25, 0.3) is 0 Å². The normalized spacial score (nSPS) is 11.6. The molecule has 0 atom stereocenters. The minimum absolute atomic E-state index is 0. The third kappa shape index (κ3) is 8.71. The van der Waals surface area contributed by atoms with Gasteiger partial charge in [-0.2, -0.15) is 0 Å². The van der Waals surface area contributed by atoms with Crippen LogP contribution in [0.15, 0.2) is 58.3 Å². The van der Waals surface area contributed by atoms with Crippen LogP contribution in [0.5, 0.6) is 0 Å². The minimum Gasteiger partial charge on any atom is -0.744 e. The van der Waals surface area contributed by atoms with E-state index in [0.717, 1.165) is 11.1 Å². The van der Waals surface area contributed by atoms with Crippen molar-refractivity contribution < 1.29 is 25.9 Å². The third-order valence-corrected chi connectivity index (χ3v) is 5.37. The van der Waals surface area contributed by atoms with Crippen LogP contribution in [0.3, 0.4) is 0 Å². The van der Waals surface area contributed by atoms with Gasteiger partial charge in [0, 0.05) is 0 Å². The Morgan fingerprint density at radius 3 is 0.963 bits per heavy atom. The van der Waals surface area contributed by atoms with Gasteiger partial charge in [-0.3, -0.25) is 0 Å². The molecule has 27 heavy (non-hydrogen) atoms. The zero-order valence-electron chi connectivity index (χ0n) is 15.7. The van der Waals surface area contributed by atoms with E-state index in [4.69, 9.17) is 0 Å². The molecule has 144 valence electrons. The van der Waals surface area contributed by atoms with Gasteiger partial charge in [-0.1, -0.05) is 52.0 Å². The first kappa shape index (κ1) is 26.0. The molecule has 0 unspecified atom stereocenters. The van der Waals surface area contributed by atoms with Gasteiger partial charge < -0.3 is 9.11 Å². The van der Waals surface area contributed by atoms with Gasteiger partial charge in [-0.25, -0.2) is 16.8 Å². The standard InChI is InChI=1S/2C9H12O3S.Mg/c2*1-7(2)8-3-5-9(6-4-8)13(10,11)12;/h2*3-7H,1-2H3,(H,10,11,12);/q;;+2/p-2. The van der Waals surface area contributed by atoms with E-state index < -0.39 is 20.2 Å². The second-order valence-corrected chi connectivity index (χ2v) is 9.12. The number of hydrogen-bond donors (Lipinski definition) is 0. The average molecular weight is 423 g/mol. The molecule has 0 saturated carbocycles. The van der Waals surface area contributed by atoms with E-state index in [1.165, 1.54) is 24.3 Å². The summed E-state index contributed by atoms with van der Waals surface area (Å²) in [5.74, 6) is 0.673. The third-order valence-electron chi connectivity index (χ3n) is 3.67. The molecule has 0 aliphatic heterocycles. The number of rotatable bonds is 4. The van der Waals surface area contributed by atoms with Crippen molar-refractivity contribution >= 4 is 43.3 Å². The average Bonchev–Trinajstić information content (AvgIpc) is 2.54. The minimum atomic E-state index is -4.30. The first-order valence-corrected chi connectivity index (χ1v) is 10.8. The summed E-state index contributed by atoms with van der Waals surface area (Å²) in [6, 6.07) is 12.0. The van der Waals surface area contributed by atoms with Crippen molar-refractivity contribution in [2.45, 2.75) is 49.3 Å². The van der Waals surface area contributed by atoms with Crippen molar-refractivity contribution in [1.82, 2.24) is 0 Å². The Balaban J connectivity index is 0.000000483. The van der Waals surface area contributed by atoms with Crippen molar-refractivity contribution in [3.8, 4) is 0 Å². The van der Waals surface area contributed by atoms with Gasteiger partial charge in [-0.15, -0.1) is 0 Å². The zero-order valence-corrected chi connectivity index (χ0v) is 18.8. The zero-order chi connectivity index (χ0) is 20.1. The summed E-state index contributed by atoms with van der Waals surface area (Å²) in [4.78, 5) is -0.339. The molecule has 0 aliphatic rings. The van der Waals surface area contributed by atoms with E-state index in [-0.39, 0.29) is 32.8 Å². The van der Waals surface area contributed by atoms with Crippen LogP contribution in [0.4, 0.5) is 0 Å². The van der Waals surface area contributed by atoms with E-state index in [9.17, 15) is 25.9 Å². The second-order valence-electron chi connectivity index (χ2n) is 6.36. The maximum Gasteiger partial charge on any atom is 2.00 e. The van der Waals surface area contributed by atoms with Gasteiger partial charge in [0.2, 0.25) is 0 Å². The van der Waals surface area contributed by atoms with Gasteiger partial charge in [0.05, 0.1) is 9.79 Å². The smallest absolute Gasteiger partial charge is 0.744 e. The summed E-state index contributed by atoms with van der Waals surface area (Å²) in [7, 11) is -8.59. The Hall–Kier alpha value is -0.974. The van der Waals surface area contributed by atoms with Crippen molar-refractivity contribution in [3.05, 3.63) is 59.7 Å². The molecule has 2 aromatic carbocycles. The molecule has 0 heterocycles. The molecule has 2 aromatic rings. The Kier molecular flexibility index (Phi) is 10.2. The summed E-state index contributed by atoms with van der Waals surface area (Å²) in [6.07, 6.45) is 0. The van der Waals surface area contributed by atoms with E-state index in [0.29, 0.717) is 11.8 Å². The molecule has 0 radical (unpaired) electrons. The summed E-state index contributed by atoms with van der Waals surface area (Å²) in [5.41, 5.74) is 2.04. The molecular weight excluding hydrogens is 401 g/mol. The van der Waals surface area contributed by atoms with Gasteiger partial charge in [0.25, 0.3) is 0 Å². The van der Waals surface area contributed by atoms with Gasteiger partial charge in [0.1, 0.15) is 20.2 Å². The monoisotopic (exact) mass is 422 g/mol. The fourth-order valence-electron chi connectivity index (χ4n) is 2.04. The Labute approximate surface area is 177 Å². The van der Waals surface area contributed by atoms with E-state index in [2.05, 4.69) is 0 Å². The van der Waals surface area contributed by atoms with Crippen molar-refractivity contribution in [2.75, 3.05) is 0 Å². The predicted octanol–water partition coefficient (Wildman–Crippen LogP) is 3.05. The Morgan fingerprint density at radius 2 is 0.815 bits per heavy atom. The Morgan fingerprint density at radius 1 is 0.593 bits per heavy atom. The van der Waals surface area contributed by atoms with Crippen LogP contribution in [-0.2, 0) is 20.2 Å². The summed E-state index contributed by atoms with van der Waals surface area (Å²) in [6.45, 7) is 8.00. The molecule has 0 bridgehead atoms. The first-order valence-electron chi connectivity index (χ1n) is 7.94. The first-order chi connectivity index (χ1) is 11.8. The molecule has 0 aromatic heterocycles. The van der Waals surface area contributed by atoms with Gasteiger partial charge in [0.15, 0.2) is 0 Å². The summed E-state index contributed by atoms with van der Waals surface area (Å²) < 4.78 is 63.4.